The van der Waals surface area contributed by atoms with E-state index in [2.05, 4.69) is 0 Å². The van der Waals surface area contributed by atoms with Crippen LogP contribution in [0.4, 0.5) is 0 Å². The van der Waals surface area contributed by atoms with Gasteiger partial charge in [-0.25, -0.2) is 0 Å². The first-order valence-corrected chi connectivity index (χ1v) is 5.60. The molecule has 0 aliphatic carbocycles. The number of phenols is 1. The average Bonchev–Trinajstić information content (AvgIpc) is 2.29. The van der Waals surface area contributed by atoms with Crippen molar-refractivity contribution >= 4 is 34.8 Å². The third kappa shape index (κ3) is 2.54. The van der Waals surface area contributed by atoms with Crippen molar-refractivity contribution in [2.75, 3.05) is 11.8 Å². The first-order chi connectivity index (χ1) is 7.51. The summed E-state index contributed by atoms with van der Waals surface area (Å²) in [6, 6.07) is 2.98. The second-order valence-electron chi connectivity index (χ2n) is 3.32. The van der Waals surface area contributed by atoms with Crippen LogP contribution in [0.25, 0.3) is 0 Å². The molecule has 0 heterocycles. The molecule has 0 amide bonds. The van der Waals surface area contributed by atoms with Crippen LogP contribution in [0.3, 0.4) is 0 Å². The number of alkyl halides is 2. The number of aryl methyl sites for hydroxylation is 1. The van der Waals surface area contributed by atoms with Gasteiger partial charge in [-0.05, 0) is 24.6 Å². The number of hydrogen-bond donors (Lipinski definition) is 1. The maximum Gasteiger partial charge on any atom is 0.181 e. The third-order valence-electron chi connectivity index (χ3n) is 2.10. The molecule has 0 spiro atoms. The van der Waals surface area contributed by atoms with Crippen molar-refractivity contribution in [3.05, 3.63) is 28.8 Å². The van der Waals surface area contributed by atoms with E-state index in [1.165, 1.54) is 12.1 Å². The van der Waals surface area contributed by atoms with Crippen molar-refractivity contribution in [1.29, 1.82) is 0 Å². The molecule has 0 atom stereocenters. The van der Waals surface area contributed by atoms with Crippen molar-refractivity contribution in [2.45, 2.75) is 6.92 Å². The van der Waals surface area contributed by atoms with E-state index in [9.17, 15) is 14.7 Å². The Hall–Kier alpha value is -1.06. The highest BCUT2D eigenvalue weighted by Crippen LogP contribution is 2.26. The second kappa shape index (κ2) is 5.32. The number of phenolic OH excluding ortho intramolecular Hbond substituents is 1. The molecule has 1 aromatic rings. The molecular weight excluding hydrogens is 251 g/mol. The molecule has 3 nitrogen and oxygen atoms in total. The van der Waals surface area contributed by atoms with Gasteiger partial charge in [0.05, 0.1) is 22.9 Å². The summed E-state index contributed by atoms with van der Waals surface area (Å²) in [7, 11) is 0. The molecule has 0 aromatic heterocycles. The van der Waals surface area contributed by atoms with Crippen LogP contribution in [-0.4, -0.2) is 28.4 Å². The summed E-state index contributed by atoms with van der Waals surface area (Å²) in [5.41, 5.74) is 0.812. The van der Waals surface area contributed by atoms with Gasteiger partial charge in [0.25, 0.3) is 0 Å². The Bertz CT molecular complexity index is 404. The summed E-state index contributed by atoms with van der Waals surface area (Å²) in [6.45, 7) is 1.72. The van der Waals surface area contributed by atoms with E-state index in [0.29, 0.717) is 5.56 Å². The molecule has 0 aliphatic rings. The summed E-state index contributed by atoms with van der Waals surface area (Å²) in [6.07, 6.45) is 0. The van der Waals surface area contributed by atoms with Gasteiger partial charge in [-0.1, -0.05) is 0 Å². The predicted molar refractivity (Wildman–Crippen MR) is 62.9 cm³/mol. The minimum atomic E-state index is -0.425. The zero-order chi connectivity index (χ0) is 12.3. The highest BCUT2D eigenvalue weighted by Gasteiger charge is 2.18. The van der Waals surface area contributed by atoms with Crippen molar-refractivity contribution < 1.29 is 14.7 Å². The molecule has 5 heteroatoms. The van der Waals surface area contributed by atoms with E-state index in [-0.39, 0.29) is 28.6 Å². The molecule has 86 valence electrons. The van der Waals surface area contributed by atoms with E-state index in [1.54, 1.807) is 6.92 Å². The molecule has 0 unspecified atom stereocenters. The third-order valence-corrected chi connectivity index (χ3v) is 2.58. The molecule has 0 bridgehead atoms. The van der Waals surface area contributed by atoms with Crippen LogP contribution in [0.5, 0.6) is 5.75 Å². The molecule has 0 fully saturated rings. The lowest BCUT2D eigenvalue weighted by atomic mass is 10.00. The average molecular weight is 261 g/mol. The van der Waals surface area contributed by atoms with Crippen molar-refractivity contribution in [3.63, 3.8) is 0 Å². The van der Waals surface area contributed by atoms with Crippen LogP contribution < -0.4 is 0 Å². The lowest BCUT2D eigenvalue weighted by Crippen LogP contribution is -2.07. The zero-order valence-corrected chi connectivity index (χ0v) is 10.1. The van der Waals surface area contributed by atoms with Crippen LogP contribution in [0, 0.1) is 6.92 Å². The van der Waals surface area contributed by atoms with E-state index in [4.69, 9.17) is 23.2 Å². The molecule has 1 aromatic carbocycles. The number of carbonyl (C=O) groups excluding carboxylic acids is 2. The van der Waals surface area contributed by atoms with E-state index < -0.39 is 11.6 Å². The number of rotatable bonds is 4. The van der Waals surface area contributed by atoms with Crippen LogP contribution in [0.15, 0.2) is 12.1 Å². The normalized spacial score (nSPS) is 10.2. The number of ketones is 2. The van der Waals surface area contributed by atoms with Gasteiger partial charge in [0, 0.05) is 0 Å². The fourth-order valence-electron chi connectivity index (χ4n) is 1.35. The van der Waals surface area contributed by atoms with Crippen molar-refractivity contribution in [1.82, 2.24) is 0 Å². The maximum atomic E-state index is 11.4. The number of aromatic hydroxyl groups is 1. The van der Waals surface area contributed by atoms with Crippen LogP contribution in [0.1, 0.15) is 26.3 Å². The van der Waals surface area contributed by atoms with Crippen molar-refractivity contribution in [2.24, 2.45) is 0 Å². The summed E-state index contributed by atoms with van der Waals surface area (Å²) in [5.74, 6) is -1.68. The Labute approximate surface area is 103 Å². The largest absolute Gasteiger partial charge is 0.506 e. The summed E-state index contributed by atoms with van der Waals surface area (Å²) in [4.78, 5) is 22.8. The molecule has 0 radical (unpaired) electrons. The van der Waals surface area contributed by atoms with Gasteiger partial charge in [0.15, 0.2) is 11.6 Å². The van der Waals surface area contributed by atoms with Crippen LogP contribution in [-0.2, 0) is 0 Å². The maximum absolute atomic E-state index is 11.4. The van der Waals surface area contributed by atoms with Crippen molar-refractivity contribution in [3.8, 4) is 5.75 Å². The smallest absolute Gasteiger partial charge is 0.181 e. The van der Waals surface area contributed by atoms with Gasteiger partial charge >= 0.3 is 0 Å². The molecule has 0 saturated carbocycles. The molecule has 1 N–H and O–H groups in total. The lowest BCUT2D eigenvalue weighted by molar-refractivity contribution is 0.101. The molecule has 16 heavy (non-hydrogen) atoms. The van der Waals surface area contributed by atoms with Gasteiger partial charge in [-0.2, -0.15) is 0 Å². The highest BCUT2D eigenvalue weighted by atomic mass is 35.5. The van der Waals surface area contributed by atoms with Crippen LogP contribution in [0.2, 0.25) is 0 Å². The van der Waals surface area contributed by atoms with Gasteiger partial charge in [-0.15, -0.1) is 23.2 Å². The lowest BCUT2D eigenvalue weighted by Gasteiger charge is -2.08. The Morgan fingerprint density at radius 3 is 1.81 bits per heavy atom. The standard InChI is InChI=1S/C11H10Cl2O3/c1-6-2-7(9(14)4-12)11(16)8(3-6)10(15)5-13/h2-3,16H,4-5H2,1H3. The van der Waals surface area contributed by atoms with E-state index >= 15 is 0 Å². The van der Waals surface area contributed by atoms with Gasteiger partial charge in [-0.3, -0.25) is 9.59 Å². The summed E-state index contributed by atoms with van der Waals surface area (Å²) < 4.78 is 0. The SMILES string of the molecule is Cc1cc(C(=O)CCl)c(O)c(C(=O)CCl)c1. The minimum Gasteiger partial charge on any atom is -0.506 e. The summed E-state index contributed by atoms with van der Waals surface area (Å²) >= 11 is 10.8. The number of benzene rings is 1. The fourth-order valence-corrected chi connectivity index (χ4v) is 1.64. The first-order valence-electron chi connectivity index (χ1n) is 4.53. The van der Waals surface area contributed by atoms with Gasteiger partial charge in [0.2, 0.25) is 0 Å². The van der Waals surface area contributed by atoms with Gasteiger partial charge in [0.1, 0.15) is 5.75 Å². The Morgan fingerprint density at radius 1 is 1.12 bits per heavy atom. The van der Waals surface area contributed by atoms with Gasteiger partial charge < -0.3 is 5.11 Å². The van der Waals surface area contributed by atoms with Crippen LogP contribution >= 0.6 is 23.2 Å². The fraction of sp³-hybridized carbons (Fsp3) is 0.273. The molecule has 0 aliphatic heterocycles. The zero-order valence-electron chi connectivity index (χ0n) is 8.59. The number of hydrogen-bond acceptors (Lipinski definition) is 3. The molecule has 0 saturated heterocycles. The first kappa shape index (κ1) is 13.0. The number of Topliss-reactive ketones (excluding diaryl/α,β-unsaturated/α-hetero) is 2. The quantitative estimate of drug-likeness (QED) is 0.669. The Kier molecular flexibility index (Phi) is 4.33. The monoisotopic (exact) mass is 260 g/mol. The predicted octanol–water partition coefficient (Wildman–Crippen LogP) is 2.54. The Morgan fingerprint density at radius 2 is 1.50 bits per heavy atom. The van der Waals surface area contributed by atoms with E-state index in [1.807, 2.05) is 0 Å². The minimum absolute atomic E-state index is 0.0588. The topological polar surface area (TPSA) is 54.4 Å². The number of halogens is 2. The Balaban J connectivity index is 3.37. The molecular formula is C11H10Cl2O3. The second-order valence-corrected chi connectivity index (χ2v) is 3.86. The number of carbonyl (C=O) groups is 2. The molecule has 1 rings (SSSR count). The van der Waals surface area contributed by atoms with E-state index in [0.717, 1.165) is 0 Å². The summed E-state index contributed by atoms with van der Waals surface area (Å²) in [5, 5.41) is 9.76. The highest BCUT2D eigenvalue weighted by molar-refractivity contribution is 6.32.